The van der Waals surface area contributed by atoms with Crippen LogP contribution in [0.4, 0.5) is 0 Å². The van der Waals surface area contributed by atoms with Crippen molar-refractivity contribution in [2.75, 3.05) is 0 Å². The number of H-pyrrole nitrogens is 1. The summed E-state index contributed by atoms with van der Waals surface area (Å²) in [6, 6.07) is 16.1. The van der Waals surface area contributed by atoms with E-state index < -0.39 is 0 Å². The van der Waals surface area contributed by atoms with Crippen LogP contribution in [0.2, 0.25) is 10.0 Å². The summed E-state index contributed by atoms with van der Waals surface area (Å²) >= 11 is 12.4. The number of hydrogen-bond donors (Lipinski definition) is 2. The molecule has 0 spiro atoms. The third-order valence-corrected chi connectivity index (χ3v) is 4.31. The highest BCUT2D eigenvalue weighted by atomic mass is 35.5. The molecule has 2 aromatic carbocycles. The van der Waals surface area contributed by atoms with Gasteiger partial charge in [-0.2, -0.15) is 0 Å². The van der Waals surface area contributed by atoms with Gasteiger partial charge in [-0.1, -0.05) is 53.5 Å². The number of benzene rings is 2. The minimum atomic E-state index is 0.200. The first kappa shape index (κ1) is 14.5. The number of nitrogens with one attached hydrogen (secondary N) is 2. The Bertz CT molecular complexity index is 764. The van der Waals surface area contributed by atoms with Crippen LogP contribution in [0.15, 0.2) is 48.5 Å². The summed E-state index contributed by atoms with van der Waals surface area (Å²) in [6.45, 7) is 2.80. The van der Waals surface area contributed by atoms with E-state index in [0.717, 1.165) is 32.2 Å². The summed E-state index contributed by atoms with van der Waals surface area (Å²) in [7, 11) is 0. The number of fused-ring (bicyclic) bond motifs is 1. The highest BCUT2D eigenvalue weighted by Crippen LogP contribution is 2.27. The zero-order valence-corrected chi connectivity index (χ0v) is 13.2. The van der Waals surface area contributed by atoms with Crippen LogP contribution in [-0.4, -0.2) is 4.98 Å². The second-order valence-corrected chi connectivity index (χ2v) is 5.94. The number of rotatable bonds is 4. The van der Waals surface area contributed by atoms with Gasteiger partial charge in [-0.15, -0.1) is 0 Å². The molecular formula is C17H16Cl2N2. The zero-order valence-electron chi connectivity index (χ0n) is 11.7. The zero-order chi connectivity index (χ0) is 14.8. The third-order valence-electron chi connectivity index (χ3n) is 3.65. The Morgan fingerprint density at radius 3 is 2.67 bits per heavy atom. The van der Waals surface area contributed by atoms with Gasteiger partial charge in [0.15, 0.2) is 0 Å². The minimum Gasteiger partial charge on any atom is -0.356 e. The van der Waals surface area contributed by atoms with E-state index >= 15 is 0 Å². The molecule has 0 fully saturated rings. The molecule has 1 aromatic heterocycles. The molecule has 0 saturated heterocycles. The fourth-order valence-electron chi connectivity index (χ4n) is 2.43. The standard InChI is InChI=1S/C17H16Cl2N2/c1-11(12-5-4-6-13(18)9-12)20-10-16-17(19)14-7-2-3-8-15(14)21-16/h2-9,11,20-21H,10H2,1H3. The number of halogens is 2. The molecular weight excluding hydrogens is 303 g/mol. The van der Waals surface area contributed by atoms with Gasteiger partial charge in [0.25, 0.3) is 0 Å². The van der Waals surface area contributed by atoms with Crippen LogP contribution in [0.25, 0.3) is 10.9 Å². The third kappa shape index (κ3) is 3.08. The van der Waals surface area contributed by atoms with E-state index in [9.17, 15) is 0 Å². The lowest BCUT2D eigenvalue weighted by atomic mass is 10.1. The molecule has 0 bridgehead atoms. The maximum absolute atomic E-state index is 6.42. The lowest BCUT2D eigenvalue weighted by molar-refractivity contribution is 0.570. The summed E-state index contributed by atoms with van der Waals surface area (Å²) < 4.78 is 0. The van der Waals surface area contributed by atoms with Crippen LogP contribution < -0.4 is 5.32 Å². The van der Waals surface area contributed by atoms with Gasteiger partial charge in [0.1, 0.15) is 0 Å². The molecule has 1 atom stereocenters. The lowest BCUT2D eigenvalue weighted by Gasteiger charge is -2.14. The van der Waals surface area contributed by atoms with Gasteiger partial charge in [-0.05, 0) is 30.7 Å². The highest BCUT2D eigenvalue weighted by molar-refractivity contribution is 6.36. The average molecular weight is 319 g/mol. The summed E-state index contributed by atoms with van der Waals surface area (Å²) in [6.07, 6.45) is 0. The second kappa shape index (κ2) is 6.10. The van der Waals surface area contributed by atoms with Crippen molar-refractivity contribution in [2.24, 2.45) is 0 Å². The quantitative estimate of drug-likeness (QED) is 0.669. The Hall–Kier alpha value is -1.48. The van der Waals surface area contributed by atoms with Crippen molar-refractivity contribution in [3.8, 4) is 0 Å². The van der Waals surface area contributed by atoms with E-state index in [1.165, 1.54) is 0 Å². The smallest absolute Gasteiger partial charge is 0.0705 e. The highest BCUT2D eigenvalue weighted by Gasteiger charge is 2.11. The maximum atomic E-state index is 6.42. The summed E-state index contributed by atoms with van der Waals surface area (Å²) in [5.41, 5.74) is 3.23. The van der Waals surface area contributed by atoms with Gasteiger partial charge in [-0.25, -0.2) is 0 Å². The van der Waals surface area contributed by atoms with E-state index in [1.54, 1.807) is 0 Å². The van der Waals surface area contributed by atoms with Gasteiger partial charge in [0, 0.05) is 34.2 Å². The van der Waals surface area contributed by atoms with Crippen molar-refractivity contribution in [3.63, 3.8) is 0 Å². The van der Waals surface area contributed by atoms with Gasteiger partial charge in [0.2, 0.25) is 0 Å². The van der Waals surface area contributed by atoms with Gasteiger partial charge in [-0.3, -0.25) is 0 Å². The van der Waals surface area contributed by atoms with Crippen molar-refractivity contribution in [1.29, 1.82) is 0 Å². The average Bonchev–Trinajstić information content (AvgIpc) is 2.82. The predicted octanol–water partition coefficient (Wildman–Crippen LogP) is 5.33. The lowest BCUT2D eigenvalue weighted by Crippen LogP contribution is -2.18. The largest absolute Gasteiger partial charge is 0.356 e. The normalized spacial score (nSPS) is 12.7. The second-order valence-electron chi connectivity index (χ2n) is 5.12. The van der Waals surface area contributed by atoms with Gasteiger partial charge >= 0.3 is 0 Å². The first-order valence-electron chi connectivity index (χ1n) is 6.89. The fraction of sp³-hybridized carbons (Fsp3) is 0.176. The minimum absolute atomic E-state index is 0.200. The number of aromatic amines is 1. The molecule has 0 aliphatic rings. The van der Waals surface area contributed by atoms with Crippen molar-refractivity contribution >= 4 is 34.1 Å². The van der Waals surface area contributed by atoms with Crippen molar-refractivity contribution in [1.82, 2.24) is 10.3 Å². The topological polar surface area (TPSA) is 27.8 Å². The Morgan fingerprint density at radius 2 is 1.90 bits per heavy atom. The molecule has 0 radical (unpaired) electrons. The maximum Gasteiger partial charge on any atom is 0.0705 e. The molecule has 108 valence electrons. The van der Waals surface area contributed by atoms with Crippen LogP contribution in [0.5, 0.6) is 0 Å². The monoisotopic (exact) mass is 318 g/mol. The Balaban J connectivity index is 1.75. The summed E-state index contributed by atoms with van der Waals surface area (Å²) in [5.74, 6) is 0. The van der Waals surface area contributed by atoms with E-state index in [1.807, 2.05) is 42.5 Å². The molecule has 1 heterocycles. The molecule has 0 aliphatic heterocycles. The number of hydrogen-bond acceptors (Lipinski definition) is 1. The SMILES string of the molecule is CC(NCc1[nH]c2ccccc2c1Cl)c1cccc(Cl)c1. The molecule has 1 unspecified atom stereocenters. The first-order valence-corrected chi connectivity index (χ1v) is 7.64. The molecule has 2 nitrogen and oxygen atoms in total. The van der Waals surface area contributed by atoms with Crippen molar-refractivity contribution < 1.29 is 0 Å². The molecule has 21 heavy (non-hydrogen) atoms. The Labute approximate surface area is 134 Å². The number of para-hydroxylation sites is 1. The van der Waals surface area contributed by atoms with E-state index in [0.29, 0.717) is 6.54 Å². The molecule has 3 rings (SSSR count). The predicted molar refractivity (Wildman–Crippen MR) is 90.0 cm³/mol. The van der Waals surface area contributed by atoms with Crippen molar-refractivity contribution in [2.45, 2.75) is 19.5 Å². The summed E-state index contributed by atoms with van der Waals surface area (Å²) in [4.78, 5) is 3.36. The first-order chi connectivity index (χ1) is 10.1. The van der Waals surface area contributed by atoms with Crippen molar-refractivity contribution in [3.05, 3.63) is 69.8 Å². The van der Waals surface area contributed by atoms with Crippen LogP contribution in [0, 0.1) is 0 Å². The molecule has 3 aromatic rings. The van der Waals surface area contributed by atoms with Gasteiger partial charge < -0.3 is 10.3 Å². The molecule has 0 saturated carbocycles. The van der Waals surface area contributed by atoms with Crippen LogP contribution in [0.1, 0.15) is 24.2 Å². The Kier molecular flexibility index (Phi) is 4.20. The molecule has 4 heteroatoms. The van der Waals surface area contributed by atoms with E-state index in [-0.39, 0.29) is 6.04 Å². The van der Waals surface area contributed by atoms with Gasteiger partial charge in [0.05, 0.1) is 5.02 Å². The molecule has 2 N–H and O–H groups in total. The van der Waals surface area contributed by atoms with E-state index in [4.69, 9.17) is 23.2 Å². The molecule has 0 amide bonds. The van der Waals surface area contributed by atoms with Crippen LogP contribution in [0.3, 0.4) is 0 Å². The van der Waals surface area contributed by atoms with Crippen LogP contribution >= 0.6 is 23.2 Å². The summed E-state index contributed by atoms with van der Waals surface area (Å²) in [5, 5.41) is 6.07. The van der Waals surface area contributed by atoms with E-state index in [2.05, 4.69) is 23.3 Å². The number of aromatic nitrogens is 1. The fourth-order valence-corrected chi connectivity index (χ4v) is 2.91. The Morgan fingerprint density at radius 1 is 1.10 bits per heavy atom. The van der Waals surface area contributed by atoms with Crippen LogP contribution in [-0.2, 0) is 6.54 Å². The molecule has 0 aliphatic carbocycles.